The molecule has 1 aromatic heterocycles. The van der Waals surface area contributed by atoms with Crippen LogP contribution in [-0.4, -0.2) is 36.1 Å². The molecule has 1 N–H and O–H groups in total. The predicted molar refractivity (Wildman–Crippen MR) is 77.8 cm³/mol. The van der Waals surface area contributed by atoms with Crippen molar-refractivity contribution in [3.63, 3.8) is 0 Å². The van der Waals surface area contributed by atoms with Gasteiger partial charge in [-0.15, -0.1) is 0 Å². The van der Waals surface area contributed by atoms with Gasteiger partial charge >= 0.3 is 0 Å². The Morgan fingerprint density at radius 1 is 1.16 bits per heavy atom. The molecule has 1 saturated carbocycles. The third-order valence-corrected chi connectivity index (χ3v) is 3.84. The van der Waals surface area contributed by atoms with E-state index in [0.29, 0.717) is 5.92 Å². The average molecular weight is 260 g/mol. The molecule has 0 spiro atoms. The third kappa shape index (κ3) is 2.89. The molecule has 1 aromatic rings. The lowest BCUT2D eigenvalue weighted by Crippen LogP contribution is -2.44. The van der Waals surface area contributed by atoms with Gasteiger partial charge in [0.15, 0.2) is 0 Å². The predicted octanol–water partition coefficient (Wildman–Crippen LogP) is 2.06. The number of hydrogen-bond acceptors (Lipinski definition) is 4. The molecule has 104 valence electrons. The van der Waals surface area contributed by atoms with Gasteiger partial charge in [-0.25, -0.2) is 9.97 Å². The van der Waals surface area contributed by atoms with E-state index in [1.165, 1.54) is 18.5 Å². The fourth-order valence-electron chi connectivity index (χ4n) is 2.43. The van der Waals surface area contributed by atoms with E-state index in [0.717, 1.165) is 37.8 Å². The lowest BCUT2D eigenvalue weighted by atomic mass is 9.95. The first kappa shape index (κ1) is 12.9. The highest BCUT2D eigenvalue weighted by molar-refractivity contribution is 5.42. The normalized spacial score (nSPS) is 20.7. The second-order valence-corrected chi connectivity index (χ2v) is 6.74. The van der Waals surface area contributed by atoms with Crippen molar-refractivity contribution in [2.75, 3.05) is 31.1 Å². The van der Waals surface area contributed by atoms with E-state index in [1.807, 2.05) is 0 Å². The lowest BCUT2D eigenvalue weighted by Gasteiger charge is -2.30. The molecule has 3 rings (SSSR count). The van der Waals surface area contributed by atoms with Crippen molar-refractivity contribution >= 4 is 5.82 Å². The smallest absolute Gasteiger partial charge is 0.136 e. The minimum Gasteiger partial charge on any atom is -0.354 e. The van der Waals surface area contributed by atoms with E-state index in [9.17, 15) is 0 Å². The fraction of sp³-hybridized carbons (Fsp3) is 0.733. The Morgan fingerprint density at radius 2 is 1.84 bits per heavy atom. The quantitative estimate of drug-likeness (QED) is 0.883. The van der Waals surface area contributed by atoms with Crippen molar-refractivity contribution in [1.82, 2.24) is 15.3 Å². The summed E-state index contributed by atoms with van der Waals surface area (Å²) < 4.78 is 0. The minimum absolute atomic E-state index is 0.0215. The summed E-state index contributed by atoms with van der Waals surface area (Å²) >= 11 is 0. The molecule has 1 saturated heterocycles. The summed E-state index contributed by atoms with van der Waals surface area (Å²) in [6.45, 7) is 10.8. The van der Waals surface area contributed by atoms with Crippen LogP contribution in [0.3, 0.4) is 0 Å². The molecular weight excluding hydrogens is 236 g/mol. The van der Waals surface area contributed by atoms with Crippen LogP contribution in [0.25, 0.3) is 0 Å². The monoisotopic (exact) mass is 260 g/mol. The van der Waals surface area contributed by atoms with Gasteiger partial charge in [0.1, 0.15) is 11.6 Å². The zero-order chi connectivity index (χ0) is 13.5. The van der Waals surface area contributed by atoms with Crippen LogP contribution in [0, 0.1) is 0 Å². The highest BCUT2D eigenvalue weighted by Gasteiger charge is 2.29. The number of anilines is 1. The SMILES string of the molecule is CC(C)(C)c1nc(C2CC2)cc(N2CCNCC2)n1. The van der Waals surface area contributed by atoms with Crippen molar-refractivity contribution in [2.24, 2.45) is 0 Å². The second-order valence-electron chi connectivity index (χ2n) is 6.74. The second kappa shape index (κ2) is 4.75. The van der Waals surface area contributed by atoms with Crippen molar-refractivity contribution in [3.8, 4) is 0 Å². The molecule has 0 unspecified atom stereocenters. The van der Waals surface area contributed by atoms with Gasteiger partial charge in [-0.05, 0) is 12.8 Å². The molecule has 19 heavy (non-hydrogen) atoms. The van der Waals surface area contributed by atoms with E-state index >= 15 is 0 Å². The van der Waals surface area contributed by atoms with E-state index in [4.69, 9.17) is 9.97 Å². The van der Waals surface area contributed by atoms with Crippen molar-refractivity contribution < 1.29 is 0 Å². The van der Waals surface area contributed by atoms with Gasteiger partial charge in [0.2, 0.25) is 0 Å². The fourth-order valence-corrected chi connectivity index (χ4v) is 2.43. The highest BCUT2D eigenvalue weighted by Crippen LogP contribution is 2.40. The standard InChI is InChI=1S/C15H24N4/c1-15(2,3)14-17-12(11-4-5-11)10-13(18-14)19-8-6-16-7-9-19/h10-11,16H,4-9H2,1-3H3. The molecule has 0 amide bonds. The Kier molecular flexibility index (Phi) is 3.21. The summed E-state index contributed by atoms with van der Waals surface area (Å²) in [5.41, 5.74) is 1.28. The first-order valence-corrected chi connectivity index (χ1v) is 7.39. The van der Waals surface area contributed by atoms with Crippen LogP contribution < -0.4 is 10.2 Å². The Morgan fingerprint density at radius 3 is 2.42 bits per heavy atom. The molecule has 2 fully saturated rings. The minimum atomic E-state index is 0.0215. The van der Waals surface area contributed by atoms with Gasteiger partial charge in [-0.2, -0.15) is 0 Å². The van der Waals surface area contributed by atoms with Crippen molar-refractivity contribution in [1.29, 1.82) is 0 Å². The van der Waals surface area contributed by atoms with E-state index < -0.39 is 0 Å². The first-order valence-electron chi connectivity index (χ1n) is 7.39. The van der Waals surface area contributed by atoms with Crippen LogP contribution in [0.15, 0.2) is 6.07 Å². The Balaban J connectivity index is 1.95. The summed E-state index contributed by atoms with van der Waals surface area (Å²) in [4.78, 5) is 12.0. The molecule has 2 heterocycles. The largest absolute Gasteiger partial charge is 0.354 e. The molecule has 4 heteroatoms. The Bertz CT molecular complexity index is 454. The highest BCUT2D eigenvalue weighted by atomic mass is 15.2. The zero-order valence-electron chi connectivity index (χ0n) is 12.2. The Labute approximate surface area is 115 Å². The van der Waals surface area contributed by atoms with Crippen LogP contribution in [0.5, 0.6) is 0 Å². The lowest BCUT2D eigenvalue weighted by molar-refractivity contribution is 0.534. The molecule has 0 bridgehead atoms. The molecule has 0 aromatic carbocycles. The summed E-state index contributed by atoms with van der Waals surface area (Å²) in [7, 11) is 0. The molecule has 0 atom stereocenters. The van der Waals surface area contributed by atoms with Crippen molar-refractivity contribution in [3.05, 3.63) is 17.6 Å². The molecule has 4 nitrogen and oxygen atoms in total. The first-order chi connectivity index (χ1) is 9.04. The molecule has 0 radical (unpaired) electrons. The molecule has 2 aliphatic rings. The van der Waals surface area contributed by atoms with E-state index in [2.05, 4.69) is 37.1 Å². The van der Waals surface area contributed by atoms with Gasteiger partial charge in [0.05, 0.1) is 0 Å². The van der Waals surface area contributed by atoms with Crippen LogP contribution >= 0.6 is 0 Å². The summed E-state index contributed by atoms with van der Waals surface area (Å²) in [6, 6.07) is 2.22. The number of hydrogen-bond donors (Lipinski definition) is 1. The number of piperazine rings is 1. The van der Waals surface area contributed by atoms with Crippen LogP contribution in [0.1, 0.15) is 51.0 Å². The summed E-state index contributed by atoms with van der Waals surface area (Å²) in [5.74, 6) is 2.81. The van der Waals surface area contributed by atoms with E-state index in [-0.39, 0.29) is 5.41 Å². The van der Waals surface area contributed by atoms with Crippen molar-refractivity contribution in [2.45, 2.75) is 44.9 Å². The number of nitrogens with one attached hydrogen (secondary N) is 1. The van der Waals surface area contributed by atoms with E-state index in [1.54, 1.807) is 0 Å². The average Bonchev–Trinajstić information content (AvgIpc) is 3.22. The third-order valence-electron chi connectivity index (χ3n) is 3.84. The topological polar surface area (TPSA) is 41.1 Å². The van der Waals surface area contributed by atoms with Crippen LogP contribution in [0.2, 0.25) is 0 Å². The van der Waals surface area contributed by atoms with Gasteiger partial charge < -0.3 is 10.2 Å². The summed E-state index contributed by atoms with van der Waals surface area (Å²) in [5, 5.41) is 3.39. The molecule has 1 aliphatic heterocycles. The molecule has 1 aliphatic carbocycles. The van der Waals surface area contributed by atoms with Gasteiger partial charge in [0, 0.05) is 49.3 Å². The number of nitrogens with zero attached hydrogens (tertiary/aromatic N) is 3. The van der Waals surface area contributed by atoms with Crippen LogP contribution in [-0.2, 0) is 5.41 Å². The summed E-state index contributed by atoms with van der Waals surface area (Å²) in [6.07, 6.45) is 2.59. The Hall–Kier alpha value is -1.16. The van der Waals surface area contributed by atoms with Gasteiger partial charge in [0.25, 0.3) is 0 Å². The number of aromatic nitrogens is 2. The van der Waals surface area contributed by atoms with Gasteiger partial charge in [-0.3, -0.25) is 0 Å². The maximum Gasteiger partial charge on any atom is 0.136 e. The molecular formula is C15H24N4. The number of rotatable bonds is 2. The maximum absolute atomic E-state index is 4.83. The van der Waals surface area contributed by atoms with Gasteiger partial charge in [-0.1, -0.05) is 20.8 Å². The maximum atomic E-state index is 4.83. The zero-order valence-corrected chi connectivity index (χ0v) is 12.2. The van der Waals surface area contributed by atoms with Crippen LogP contribution in [0.4, 0.5) is 5.82 Å².